The number of hydrogen-bond acceptors (Lipinski definition) is 6. The predicted octanol–water partition coefficient (Wildman–Crippen LogP) is 1.99. The highest BCUT2D eigenvalue weighted by molar-refractivity contribution is 7.92. The number of hydrogen-bond donors (Lipinski definition) is 0. The van der Waals surface area contributed by atoms with E-state index in [1.807, 2.05) is 0 Å². The maximum atomic E-state index is 13.3. The Kier molecular flexibility index (Phi) is 5.94. The van der Waals surface area contributed by atoms with Crippen LogP contribution in [-0.4, -0.2) is 55.9 Å². The fraction of sp³-hybridized carbons (Fsp3) is 0.526. The third-order valence-corrected chi connectivity index (χ3v) is 7.54. The minimum atomic E-state index is -4.89. The monoisotopic (exact) mass is 447 g/mol. The molecular formula is C19H20F3NO6S. The molecule has 3 rings (SSSR count). The molecule has 30 heavy (non-hydrogen) atoms. The summed E-state index contributed by atoms with van der Waals surface area (Å²) in [4.78, 5) is 36.7. The van der Waals surface area contributed by atoms with Gasteiger partial charge < -0.3 is 9.64 Å². The number of carbonyl (C=O) groups is 3. The van der Waals surface area contributed by atoms with E-state index in [4.69, 9.17) is 0 Å². The number of halogens is 3. The predicted molar refractivity (Wildman–Crippen MR) is 96.9 cm³/mol. The first-order chi connectivity index (χ1) is 14.0. The molecule has 1 aromatic rings. The second-order valence-electron chi connectivity index (χ2n) is 7.40. The molecule has 7 nitrogen and oxygen atoms in total. The molecule has 1 heterocycles. The molecule has 1 amide bonds. The number of amides is 1. The van der Waals surface area contributed by atoms with Crippen LogP contribution >= 0.6 is 0 Å². The molecule has 164 valence electrons. The van der Waals surface area contributed by atoms with Gasteiger partial charge in [-0.25, -0.2) is 13.2 Å². The van der Waals surface area contributed by atoms with Crippen molar-refractivity contribution < 1.29 is 40.7 Å². The summed E-state index contributed by atoms with van der Waals surface area (Å²) in [6.07, 6.45) is -4.43. The van der Waals surface area contributed by atoms with Gasteiger partial charge in [0.25, 0.3) is 0 Å². The average molecular weight is 447 g/mol. The van der Waals surface area contributed by atoms with Crippen molar-refractivity contribution in [3.05, 3.63) is 29.8 Å². The largest absolute Gasteiger partial charge is 0.467 e. The number of carbonyl (C=O) groups excluding carboxylic acids is 3. The molecule has 1 aromatic carbocycles. The number of likely N-dealkylation sites (tertiary alicyclic amines) is 1. The molecular weight excluding hydrogens is 427 g/mol. The maximum absolute atomic E-state index is 13.3. The van der Waals surface area contributed by atoms with Gasteiger partial charge >= 0.3 is 12.1 Å². The zero-order valence-corrected chi connectivity index (χ0v) is 16.8. The summed E-state index contributed by atoms with van der Waals surface area (Å²) in [5.41, 5.74) is -1.31. The Hall–Kier alpha value is -2.43. The van der Waals surface area contributed by atoms with Gasteiger partial charge in [0.1, 0.15) is 11.8 Å². The zero-order chi connectivity index (χ0) is 22.3. The lowest BCUT2D eigenvalue weighted by molar-refractivity contribution is -0.151. The van der Waals surface area contributed by atoms with Gasteiger partial charge in [-0.1, -0.05) is 12.1 Å². The third-order valence-electron chi connectivity index (χ3n) is 5.35. The first kappa shape index (κ1) is 22.3. The molecule has 0 N–H and O–H groups in total. The first-order valence-electron chi connectivity index (χ1n) is 9.27. The smallest absolute Gasteiger partial charge is 0.417 e. The summed E-state index contributed by atoms with van der Waals surface area (Å²) in [6, 6.07) is 2.48. The molecule has 1 saturated heterocycles. The molecule has 2 aliphatic rings. The van der Waals surface area contributed by atoms with Crippen molar-refractivity contribution in [3.8, 4) is 0 Å². The van der Waals surface area contributed by atoms with Gasteiger partial charge in [0.05, 0.1) is 29.2 Å². The Bertz CT molecular complexity index is 971. The molecule has 11 heteroatoms. The van der Waals surface area contributed by atoms with Crippen LogP contribution in [0.25, 0.3) is 0 Å². The summed E-state index contributed by atoms with van der Waals surface area (Å²) in [7, 11) is -3.48. The lowest BCUT2D eigenvalue weighted by atomic mass is 10.1. The zero-order valence-electron chi connectivity index (χ0n) is 16.0. The van der Waals surface area contributed by atoms with Crippen molar-refractivity contribution >= 4 is 27.5 Å². The standard InChI is InChI=1S/C19H20F3NO6S/c1-29-18(26)14-8-12(10-23(14)17(25)9-15(24)11-6-7-11)30(27,28)16-5-3-2-4-13(16)19(20,21)22/h2-5,11-12,14H,6-10H2,1H3/t12-,14?/m1/s1. The van der Waals surface area contributed by atoms with E-state index in [-0.39, 0.29) is 11.7 Å². The summed E-state index contributed by atoms with van der Waals surface area (Å²) in [6.45, 7) is -0.495. The van der Waals surface area contributed by atoms with Crippen LogP contribution in [0.15, 0.2) is 29.2 Å². The molecule has 2 atom stereocenters. The summed E-state index contributed by atoms with van der Waals surface area (Å²) in [5, 5.41) is -1.44. The second kappa shape index (κ2) is 8.01. The van der Waals surface area contributed by atoms with Gasteiger partial charge in [-0.15, -0.1) is 0 Å². The number of ketones is 1. The van der Waals surface area contributed by atoms with Crippen LogP contribution < -0.4 is 0 Å². The van der Waals surface area contributed by atoms with Crippen molar-refractivity contribution in [1.29, 1.82) is 0 Å². The van der Waals surface area contributed by atoms with Crippen LogP contribution in [0.5, 0.6) is 0 Å². The normalized spacial score (nSPS) is 22.1. The highest BCUT2D eigenvalue weighted by Gasteiger charge is 2.48. The minimum absolute atomic E-state index is 0.202. The van der Waals surface area contributed by atoms with Gasteiger partial charge in [0, 0.05) is 12.5 Å². The Morgan fingerprint density at radius 3 is 2.37 bits per heavy atom. The Labute approximate surface area is 171 Å². The number of alkyl halides is 3. The van der Waals surface area contributed by atoms with E-state index in [1.54, 1.807) is 0 Å². The second-order valence-corrected chi connectivity index (χ2v) is 9.60. The summed E-state index contributed by atoms with van der Waals surface area (Å²) in [5.74, 6) is -2.11. The van der Waals surface area contributed by atoms with E-state index in [2.05, 4.69) is 4.74 Å². The van der Waals surface area contributed by atoms with E-state index < -0.39 is 69.0 Å². The lowest BCUT2D eigenvalue weighted by Gasteiger charge is -2.22. The number of benzene rings is 1. The number of ether oxygens (including phenoxy) is 1. The van der Waals surface area contributed by atoms with E-state index in [9.17, 15) is 36.0 Å². The summed E-state index contributed by atoms with van der Waals surface area (Å²) >= 11 is 0. The maximum Gasteiger partial charge on any atom is 0.417 e. The quantitative estimate of drug-likeness (QED) is 0.489. The molecule has 0 radical (unpaired) electrons. The van der Waals surface area contributed by atoms with Crippen LogP contribution in [0.3, 0.4) is 0 Å². The van der Waals surface area contributed by atoms with Gasteiger partial charge in [0.15, 0.2) is 9.84 Å². The Morgan fingerprint density at radius 2 is 1.80 bits per heavy atom. The van der Waals surface area contributed by atoms with E-state index in [1.165, 1.54) is 6.07 Å². The molecule has 0 aromatic heterocycles. The van der Waals surface area contributed by atoms with Crippen LogP contribution in [-0.2, 0) is 35.1 Å². The van der Waals surface area contributed by atoms with Crippen molar-refractivity contribution in [2.24, 2.45) is 5.92 Å². The molecule has 0 bridgehead atoms. The highest BCUT2D eigenvalue weighted by atomic mass is 32.2. The lowest BCUT2D eigenvalue weighted by Crippen LogP contribution is -2.42. The molecule has 1 aliphatic heterocycles. The minimum Gasteiger partial charge on any atom is -0.467 e. The molecule has 1 saturated carbocycles. The van der Waals surface area contributed by atoms with Crippen molar-refractivity contribution in [2.75, 3.05) is 13.7 Å². The third kappa shape index (κ3) is 4.35. The van der Waals surface area contributed by atoms with E-state index in [0.29, 0.717) is 18.9 Å². The topological polar surface area (TPSA) is 97.8 Å². The molecule has 0 spiro atoms. The van der Waals surface area contributed by atoms with Gasteiger partial charge in [-0.05, 0) is 31.4 Å². The van der Waals surface area contributed by atoms with Gasteiger partial charge in [-0.3, -0.25) is 9.59 Å². The number of sulfone groups is 1. The Morgan fingerprint density at radius 1 is 1.17 bits per heavy atom. The SMILES string of the molecule is COC(=O)C1C[C@@H](S(=O)(=O)c2ccccc2C(F)(F)F)CN1C(=O)CC(=O)C1CC1. The number of rotatable bonds is 6. The van der Waals surface area contributed by atoms with Crippen molar-refractivity contribution in [2.45, 2.75) is 48.0 Å². The average Bonchev–Trinajstić information content (AvgIpc) is 3.44. The highest BCUT2D eigenvalue weighted by Crippen LogP contribution is 2.38. The van der Waals surface area contributed by atoms with Crippen LogP contribution in [0.1, 0.15) is 31.2 Å². The molecule has 1 aliphatic carbocycles. The Balaban J connectivity index is 1.90. The molecule has 2 fully saturated rings. The van der Waals surface area contributed by atoms with E-state index in [0.717, 1.165) is 24.1 Å². The van der Waals surface area contributed by atoms with Crippen molar-refractivity contribution in [3.63, 3.8) is 0 Å². The number of esters is 1. The van der Waals surface area contributed by atoms with Crippen LogP contribution in [0.4, 0.5) is 13.2 Å². The van der Waals surface area contributed by atoms with E-state index >= 15 is 0 Å². The fourth-order valence-electron chi connectivity index (χ4n) is 3.59. The van der Waals surface area contributed by atoms with Gasteiger partial charge in [0.2, 0.25) is 5.91 Å². The van der Waals surface area contributed by atoms with Gasteiger partial charge in [-0.2, -0.15) is 13.2 Å². The first-order valence-corrected chi connectivity index (χ1v) is 10.8. The number of nitrogens with zero attached hydrogens (tertiary/aromatic N) is 1. The number of Topliss-reactive ketones (excluding diaryl/α,β-unsaturated/α-hetero) is 1. The van der Waals surface area contributed by atoms with Crippen molar-refractivity contribution in [1.82, 2.24) is 4.90 Å². The summed E-state index contributed by atoms with van der Waals surface area (Å²) < 4.78 is 70.6. The number of methoxy groups -OCH3 is 1. The molecule has 1 unspecified atom stereocenters. The van der Waals surface area contributed by atoms with Crippen LogP contribution in [0.2, 0.25) is 0 Å². The fourth-order valence-corrected chi connectivity index (χ4v) is 5.50. The van der Waals surface area contributed by atoms with Crippen LogP contribution in [0, 0.1) is 5.92 Å².